The monoisotopic (exact) mass is 297 g/mol. The molecule has 0 saturated heterocycles. The maximum Gasteiger partial charge on any atom is 0.0644 e. The lowest BCUT2D eigenvalue weighted by atomic mass is 9.93. The quantitative estimate of drug-likeness (QED) is 0.861. The molecule has 0 fully saturated rings. The van der Waals surface area contributed by atoms with E-state index in [0.717, 1.165) is 19.4 Å². The van der Waals surface area contributed by atoms with Gasteiger partial charge in [0.15, 0.2) is 0 Å². The summed E-state index contributed by atoms with van der Waals surface area (Å²) in [5.41, 5.74) is 3.81. The van der Waals surface area contributed by atoms with Crippen molar-refractivity contribution in [1.29, 1.82) is 0 Å². The Hall–Kier alpha value is -1.91. The summed E-state index contributed by atoms with van der Waals surface area (Å²) >= 11 is 0. The third-order valence-electron chi connectivity index (χ3n) is 4.17. The van der Waals surface area contributed by atoms with Gasteiger partial charge in [-0.3, -0.25) is 4.68 Å². The molecule has 0 amide bonds. The van der Waals surface area contributed by atoms with E-state index in [2.05, 4.69) is 46.8 Å². The zero-order valence-electron chi connectivity index (χ0n) is 12.8. The van der Waals surface area contributed by atoms with E-state index in [0.29, 0.717) is 12.6 Å². The van der Waals surface area contributed by atoms with Gasteiger partial charge >= 0.3 is 0 Å². The smallest absolute Gasteiger partial charge is 0.0644 e. The molecule has 0 bridgehead atoms. The van der Waals surface area contributed by atoms with Crippen molar-refractivity contribution < 1.29 is 5.11 Å². The zero-order chi connectivity index (χ0) is 15.2. The van der Waals surface area contributed by atoms with Gasteiger partial charge in [-0.1, -0.05) is 42.5 Å². The Morgan fingerprint density at radius 3 is 3.00 bits per heavy atom. The molecule has 0 spiro atoms. The van der Waals surface area contributed by atoms with Gasteiger partial charge in [0.05, 0.1) is 19.3 Å². The van der Waals surface area contributed by atoms with Crippen molar-refractivity contribution in [2.75, 3.05) is 13.2 Å². The van der Waals surface area contributed by atoms with Gasteiger partial charge in [0.1, 0.15) is 0 Å². The lowest BCUT2D eigenvalue weighted by Gasteiger charge is -2.23. The van der Waals surface area contributed by atoms with Crippen molar-refractivity contribution in [2.45, 2.75) is 31.8 Å². The SMILES string of the molecule is OCCn1ncc2c1CCC[C@H]2NC/C=C/c1ccccc1. The van der Waals surface area contributed by atoms with E-state index in [1.165, 1.54) is 23.2 Å². The number of benzene rings is 1. The summed E-state index contributed by atoms with van der Waals surface area (Å²) < 4.78 is 1.95. The van der Waals surface area contributed by atoms with Gasteiger partial charge in [-0.15, -0.1) is 0 Å². The molecule has 0 saturated carbocycles. The van der Waals surface area contributed by atoms with Crippen molar-refractivity contribution in [1.82, 2.24) is 15.1 Å². The molecule has 4 nitrogen and oxygen atoms in total. The number of rotatable bonds is 6. The maximum atomic E-state index is 9.10. The summed E-state index contributed by atoms with van der Waals surface area (Å²) in [5, 5.41) is 17.1. The van der Waals surface area contributed by atoms with E-state index in [-0.39, 0.29) is 6.61 Å². The van der Waals surface area contributed by atoms with Crippen LogP contribution in [-0.4, -0.2) is 28.0 Å². The standard InChI is InChI=1S/C18H23N3O/c22-13-12-21-18-10-4-9-17(16(18)14-20-21)19-11-5-8-15-6-2-1-3-7-15/h1-3,5-8,14,17,19,22H,4,9-13H2/b8-5+/t17-/m1/s1. The van der Waals surface area contributed by atoms with Gasteiger partial charge in [-0.2, -0.15) is 5.10 Å². The number of aromatic nitrogens is 2. The van der Waals surface area contributed by atoms with Crippen molar-refractivity contribution in [3.05, 3.63) is 59.4 Å². The highest BCUT2D eigenvalue weighted by molar-refractivity contribution is 5.48. The van der Waals surface area contributed by atoms with Gasteiger partial charge in [-0.25, -0.2) is 0 Å². The Labute approximate surface area is 131 Å². The number of aliphatic hydroxyl groups is 1. The summed E-state index contributed by atoms with van der Waals surface area (Å²) in [5.74, 6) is 0. The topological polar surface area (TPSA) is 50.1 Å². The number of aliphatic hydroxyl groups excluding tert-OH is 1. The van der Waals surface area contributed by atoms with Gasteiger partial charge in [0.25, 0.3) is 0 Å². The zero-order valence-corrected chi connectivity index (χ0v) is 12.8. The normalized spacial score (nSPS) is 17.8. The molecule has 2 N–H and O–H groups in total. The average Bonchev–Trinajstić information content (AvgIpc) is 2.97. The average molecular weight is 297 g/mol. The molecule has 0 radical (unpaired) electrons. The van der Waals surface area contributed by atoms with E-state index >= 15 is 0 Å². The second-order valence-corrected chi connectivity index (χ2v) is 5.66. The van der Waals surface area contributed by atoms with Crippen LogP contribution in [0.2, 0.25) is 0 Å². The summed E-state index contributed by atoms with van der Waals surface area (Å²) in [6.45, 7) is 1.59. The summed E-state index contributed by atoms with van der Waals surface area (Å²) in [7, 11) is 0. The van der Waals surface area contributed by atoms with Crippen LogP contribution in [0.15, 0.2) is 42.6 Å². The molecule has 4 heteroatoms. The lowest BCUT2D eigenvalue weighted by Crippen LogP contribution is -2.25. The van der Waals surface area contributed by atoms with Crippen molar-refractivity contribution in [3.8, 4) is 0 Å². The first-order chi connectivity index (χ1) is 10.9. The van der Waals surface area contributed by atoms with Crippen LogP contribution < -0.4 is 5.32 Å². The highest BCUT2D eigenvalue weighted by Gasteiger charge is 2.23. The fourth-order valence-corrected chi connectivity index (χ4v) is 3.09. The van der Waals surface area contributed by atoms with Crippen molar-refractivity contribution in [3.63, 3.8) is 0 Å². The minimum absolute atomic E-state index is 0.145. The van der Waals surface area contributed by atoms with Gasteiger partial charge in [0, 0.05) is 23.8 Å². The van der Waals surface area contributed by atoms with E-state index in [1.54, 1.807) is 0 Å². The summed E-state index contributed by atoms with van der Waals surface area (Å²) in [6.07, 6.45) is 9.66. The van der Waals surface area contributed by atoms with E-state index in [1.807, 2.05) is 16.9 Å². The number of hydrogen-bond acceptors (Lipinski definition) is 3. The molecule has 3 rings (SSSR count). The first-order valence-electron chi connectivity index (χ1n) is 7.99. The highest BCUT2D eigenvalue weighted by atomic mass is 16.3. The molecule has 1 heterocycles. The third kappa shape index (κ3) is 3.46. The van der Waals surface area contributed by atoms with Gasteiger partial charge in [-0.05, 0) is 24.8 Å². The van der Waals surface area contributed by atoms with Crippen LogP contribution in [0.3, 0.4) is 0 Å². The van der Waals surface area contributed by atoms with Crippen LogP contribution in [0.5, 0.6) is 0 Å². The lowest BCUT2D eigenvalue weighted by molar-refractivity contribution is 0.266. The molecule has 22 heavy (non-hydrogen) atoms. The largest absolute Gasteiger partial charge is 0.394 e. The maximum absolute atomic E-state index is 9.10. The summed E-state index contributed by atoms with van der Waals surface area (Å²) in [4.78, 5) is 0. The predicted octanol–water partition coefficient (Wildman–Crippen LogP) is 2.56. The Balaban J connectivity index is 1.59. The first-order valence-corrected chi connectivity index (χ1v) is 7.99. The Morgan fingerprint density at radius 2 is 2.18 bits per heavy atom. The molecule has 116 valence electrons. The van der Waals surface area contributed by atoms with Gasteiger partial charge < -0.3 is 10.4 Å². The minimum atomic E-state index is 0.145. The fourth-order valence-electron chi connectivity index (χ4n) is 3.09. The molecular formula is C18H23N3O. The second-order valence-electron chi connectivity index (χ2n) is 5.66. The van der Waals surface area contributed by atoms with Crippen LogP contribution in [-0.2, 0) is 13.0 Å². The van der Waals surface area contributed by atoms with Crippen LogP contribution in [0.1, 0.15) is 35.7 Å². The number of fused-ring (bicyclic) bond motifs is 1. The third-order valence-corrected chi connectivity index (χ3v) is 4.17. The number of hydrogen-bond donors (Lipinski definition) is 2. The Morgan fingerprint density at radius 1 is 1.32 bits per heavy atom. The molecule has 1 aromatic heterocycles. The van der Waals surface area contributed by atoms with Crippen LogP contribution in [0.4, 0.5) is 0 Å². The molecule has 1 aromatic carbocycles. The number of nitrogens with zero attached hydrogens (tertiary/aromatic N) is 2. The van der Waals surface area contributed by atoms with E-state index < -0.39 is 0 Å². The number of nitrogens with one attached hydrogen (secondary N) is 1. The molecule has 0 aliphatic heterocycles. The molecular weight excluding hydrogens is 274 g/mol. The molecule has 0 unspecified atom stereocenters. The van der Waals surface area contributed by atoms with E-state index in [4.69, 9.17) is 5.11 Å². The molecule has 1 aliphatic carbocycles. The fraction of sp³-hybridized carbons (Fsp3) is 0.389. The van der Waals surface area contributed by atoms with Crippen molar-refractivity contribution in [2.24, 2.45) is 0 Å². The highest BCUT2D eigenvalue weighted by Crippen LogP contribution is 2.29. The van der Waals surface area contributed by atoms with Crippen molar-refractivity contribution >= 4 is 6.08 Å². The molecule has 1 aliphatic rings. The van der Waals surface area contributed by atoms with Crippen LogP contribution in [0.25, 0.3) is 6.08 Å². The minimum Gasteiger partial charge on any atom is -0.394 e. The first kappa shape index (κ1) is 15.0. The van der Waals surface area contributed by atoms with E-state index in [9.17, 15) is 0 Å². The van der Waals surface area contributed by atoms with Crippen LogP contribution in [0, 0.1) is 0 Å². The molecule has 1 atom stereocenters. The Kier molecular flexibility index (Phi) is 5.03. The Bertz CT molecular complexity index is 619. The predicted molar refractivity (Wildman–Crippen MR) is 88.5 cm³/mol. The second kappa shape index (κ2) is 7.38. The molecule has 2 aromatic rings. The van der Waals surface area contributed by atoms with Crippen LogP contribution >= 0.6 is 0 Å². The summed E-state index contributed by atoms with van der Waals surface area (Å²) in [6, 6.07) is 10.7. The van der Waals surface area contributed by atoms with Gasteiger partial charge in [0.2, 0.25) is 0 Å².